The van der Waals surface area contributed by atoms with Crippen LogP contribution < -0.4 is 5.32 Å². The number of hydrogen-bond donors (Lipinski definition) is 2. The van der Waals surface area contributed by atoms with Crippen molar-refractivity contribution in [1.29, 1.82) is 0 Å². The van der Waals surface area contributed by atoms with E-state index in [1.165, 1.54) is 4.91 Å². The fraction of sp³-hybridized carbons (Fsp3) is 0.200. The first kappa shape index (κ1) is 8.66. The van der Waals surface area contributed by atoms with E-state index in [0.717, 1.165) is 18.0 Å². The van der Waals surface area contributed by atoms with E-state index in [2.05, 4.69) is 11.4 Å². The molecule has 0 radical (unpaired) electrons. The van der Waals surface area contributed by atoms with Crippen molar-refractivity contribution >= 4 is 17.8 Å². The highest BCUT2D eigenvalue weighted by Crippen LogP contribution is 2.22. The van der Waals surface area contributed by atoms with Gasteiger partial charge in [-0.15, -0.1) is 11.8 Å². The third kappa shape index (κ3) is 2.26. The third-order valence-corrected chi connectivity index (χ3v) is 2.86. The van der Waals surface area contributed by atoms with Crippen LogP contribution in [0.4, 0.5) is 0 Å². The molecule has 0 saturated carbocycles. The Hall–Kier alpha value is -0.930. The number of rotatable bonds is 1. The summed E-state index contributed by atoms with van der Waals surface area (Å²) in [6.45, 7) is 0.964. The minimum Gasteiger partial charge on any atom is -0.508 e. The molecule has 2 nitrogen and oxygen atoms in total. The standard InChI is InChI=1S/C10H11NOS/c12-9-3-1-8(2-4-9)5-10-6-11-7-13-10/h1-5,11-12H,6-7H2. The summed E-state index contributed by atoms with van der Waals surface area (Å²) in [6.07, 6.45) is 2.14. The van der Waals surface area contributed by atoms with Gasteiger partial charge in [-0.25, -0.2) is 0 Å². The van der Waals surface area contributed by atoms with E-state index in [1.807, 2.05) is 23.9 Å². The van der Waals surface area contributed by atoms with Gasteiger partial charge in [-0.05, 0) is 23.8 Å². The second kappa shape index (κ2) is 3.85. The number of hydrogen-bond acceptors (Lipinski definition) is 3. The Kier molecular flexibility index (Phi) is 2.57. The van der Waals surface area contributed by atoms with Crippen LogP contribution in [0.1, 0.15) is 5.56 Å². The van der Waals surface area contributed by atoms with Gasteiger partial charge >= 0.3 is 0 Å². The van der Waals surface area contributed by atoms with Gasteiger partial charge < -0.3 is 10.4 Å². The lowest BCUT2D eigenvalue weighted by atomic mass is 10.2. The first-order valence-corrected chi connectivity index (χ1v) is 5.16. The molecule has 0 atom stereocenters. The summed E-state index contributed by atoms with van der Waals surface area (Å²) in [5, 5.41) is 12.3. The molecule has 0 bridgehead atoms. The lowest BCUT2D eigenvalue weighted by Gasteiger charge is -1.96. The van der Waals surface area contributed by atoms with Crippen LogP contribution in [0.5, 0.6) is 5.75 Å². The molecular formula is C10H11NOS. The van der Waals surface area contributed by atoms with Crippen molar-refractivity contribution in [2.75, 3.05) is 12.4 Å². The van der Waals surface area contributed by atoms with E-state index < -0.39 is 0 Å². The summed E-state index contributed by atoms with van der Waals surface area (Å²) in [4.78, 5) is 1.35. The van der Waals surface area contributed by atoms with Gasteiger partial charge in [-0.1, -0.05) is 12.1 Å². The fourth-order valence-electron chi connectivity index (χ4n) is 1.22. The average molecular weight is 193 g/mol. The molecule has 1 heterocycles. The van der Waals surface area contributed by atoms with Crippen LogP contribution in [0.3, 0.4) is 0 Å². The molecule has 0 aliphatic carbocycles. The molecule has 1 aliphatic heterocycles. The second-order valence-electron chi connectivity index (χ2n) is 2.92. The van der Waals surface area contributed by atoms with Crippen molar-refractivity contribution in [2.24, 2.45) is 0 Å². The summed E-state index contributed by atoms with van der Waals surface area (Å²) in [5.74, 6) is 1.32. The third-order valence-electron chi connectivity index (χ3n) is 1.88. The quantitative estimate of drug-likeness (QED) is 0.715. The van der Waals surface area contributed by atoms with E-state index >= 15 is 0 Å². The minimum absolute atomic E-state index is 0.319. The van der Waals surface area contributed by atoms with Crippen LogP contribution in [0, 0.1) is 0 Å². The molecule has 1 aromatic rings. The lowest BCUT2D eigenvalue weighted by Crippen LogP contribution is -2.04. The van der Waals surface area contributed by atoms with Crippen LogP contribution in [-0.4, -0.2) is 17.5 Å². The zero-order valence-corrected chi connectivity index (χ0v) is 7.97. The molecule has 3 heteroatoms. The Morgan fingerprint density at radius 2 is 2.08 bits per heavy atom. The monoisotopic (exact) mass is 193 g/mol. The number of benzene rings is 1. The van der Waals surface area contributed by atoms with Crippen LogP contribution in [0.15, 0.2) is 29.2 Å². The van der Waals surface area contributed by atoms with Gasteiger partial charge in [0.15, 0.2) is 0 Å². The first-order valence-electron chi connectivity index (χ1n) is 4.18. The van der Waals surface area contributed by atoms with Gasteiger partial charge in [0, 0.05) is 17.3 Å². The lowest BCUT2D eigenvalue weighted by molar-refractivity contribution is 0.475. The van der Waals surface area contributed by atoms with Crippen molar-refractivity contribution in [3.05, 3.63) is 34.7 Å². The number of phenols is 1. The van der Waals surface area contributed by atoms with Gasteiger partial charge in [0.25, 0.3) is 0 Å². The zero-order chi connectivity index (χ0) is 9.10. The maximum atomic E-state index is 9.08. The van der Waals surface area contributed by atoms with Crippen molar-refractivity contribution in [3.63, 3.8) is 0 Å². The summed E-state index contributed by atoms with van der Waals surface area (Å²) in [5.41, 5.74) is 1.14. The van der Waals surface area contributed by atoms with Crippen LogP contribution in [-0.2, 0) is 0 Å². The van der Waals surface area contributed by atoms with Crippen molar-refractivity contribution in [1.82, 2.24) is 5.32 Å². The summed E-state index contributed by atoms with van der Waals surface area (Å²) in [7, 11) is 0. The number of phenolic OH excluding ortho intramolecular Hbond substituents is 1. The van der Waals surface area contributed by atoms with E-state index in [4.69, 9.17) is 5.11 Å². The number of thioether (sulfide) groups is 1. The van der Waals surface area contributed by atoms with E-state index in [1.54, 1.807) is 12.1 Å². The normalized spacial score (nSPS) is 19.5. The average Bonchev–Trinajstić information content (AvgIpc) is 2.62. The smallest absolute Gasteiger partial charge is 0.115 e. The molecule has 0 spiro atoms. The van der Waals surface area contributed by atoms with Gasteiger partial charge in [-0.2, -0.15) is 0 Å². The van der Waals surface area contributed by atoms with E-state index in [-0.39, 0.29) is 0 Å². The first-order chi connectivity index (χ1) is 6.34. The largest absolute Gasteiger partial charge is 0.508 e. The Balaban J connectivity index is 2.17. The Morgan fingerprint density at radius 3 is 2.69 bits per heavy atom. The highest BCUT2D eigenvalue weighted by molar-refractivity contribution is 8.03. The molecule has 0 aromatic heterocycles. The van der Waals surface area contributed by atoms with Gasteiger partial charge in [0.1, 0.15) is 5.75 Å². The van der Waals surface area contributed by atoms with Crippen LogP contribution >= 0.6 is 11.8 Å². The predicted octanol–water partition coefficient (Wildman–Crippen LogP) is 2.03. The number of aromatic hydroxyl groups is 1. The SMILES string of the molecule is Oc1ccc(C=C2CNCS2)cc1. The van der Waals surface area contributed by atoms with Crippen molar-refractivity contribution in [2.45, 2.75) is 0 Å². The molecule has 13 heavy (non-hydrogen) atoms. The molecular weight excluding hydrogens is 182 g/mol. The predicted molar refractivity (Wildman–Crippen MR) is 56.5 cm³/mol. The topological polar surface area (TPSA) is 32.3 Å². The van der Waals surface area contributed by atoms with Crippen molar-refractivity contribution in [3.8, 4) is 5.75 Å². The van der Waals surface area contributed by atoms with Crippen LogP contribution in [0.2, 0.25) is 0 Å². The molecule has 2 rings (SSSR count). The molecule has 68 valence electrons. The molecule has 1 saturated heterocycles. The second-order valence-corrected chi connectivity index (χ2v) is 4.02. The van der Waals surface area contributed by atoms with Gasteiger partial charge in [0.2, 0.25) is 0 Å². The maximum Gasteiger partial charge on any atom is 0.115 e. The van der Waals surface area contributed by atoms with Crippen molar-refractivity contribution < 1.29 is 5.11 Å². The Bertz CT molecular complexity index is 310. The van der Waals surface area contributed by atoms with Gasteiger partial charge in [-0.3, -0.25) is 0 Å². The molecule has 0 unspecified atom stereocenters. The highest BCUT2D eigenvalue weighted by Gasteiger charge is 2.05. The Labute approximate surface area is 81.7 Å². The van der Waals surface area contributed by atoms with Crippen LogP contribution in [0.25, 0.3) is 6.08 Å². The molecule has 0 amide bonds. The maximum absolute atomic E-state index is 9.08. The number of nitrogens with one attached hydrogen (secondary N) is 1. The molecule has 1 aliphatic rings. The highest BCUT2D eigenvalue weighted by atomic mass is 32.2. The summed E-state index contributed by atoms with van der Waals surface area (Å²) in [6, 6.07) is 7.25. The zero-order valence-electron chi connectivity index (χ0n) is 7.16. The molecule has 1 aromatic carbocycles. The molecule has 2 N–H and O–H groups in total. The minimum atomic E-state index is 0.319. The Morgan fingerprint density at radius 1 is 1.31 bits per heavy atom. The fourth-order valence-corrected chi connectivity index (χ4v) is 2.03. The van der Waals surface area contributed by atoms with E-state index in [9.17, 15) is 0 Å². The van der Waals surface area contributed by atoms with Gasteiger partial charge in [0.05, 0.1) is 0 Å². The van der Waals surface area contributed by atoms with E-state index in [0.29, 0.717) is 5.75 Å². The summed E-state index contributed by atoms with van der Waals surface area (Å²) >= 11 is 1.83. The molecule has 1 fully saturated rings. The summed E-state index contributed by atoms with van der Waals surface area (Å²) < 4.78 is 0.